The van der Waals surface area contributed by atoms with E-state index in [0.29, 0.717) is 42.7 Å². The van der Waals surface area contributed by atoms with Crippen LogP contribution >= 0.6 is 0 Å². The van der Waals surface area contributed by atoms with Gasteiger partial charge in [-0.05, 0) is 12.5 Å². The number of hydrogen-bond acceptors (Lipinski definition) is 7. The molecule has 1 aromatic carbocycles. The molecule has 0 saturated heterocycles. The lowest BCUT2D eigenvalue weighted by atomic mass is 10.2. The molecule has 2 aromatic heterocycles. The van der Waals surface area contributed by atoms with Gasteiger partial charge in [0.25, 0.3) is 0 Å². The van der Waals surface area contributed by atoms with Crippen molar-refractivity contribution in [2.24, 2.45) is 0 Å². The maximum absolute atomic E-state index is 6.07. The van der Waals surface area contributed by atoms with Crippen molar-refractivity contribution in [1.29, 1.82) is 0 Å². The van der Waals surface area contributed by atoms with E-state index in [1.165, 1.54) is 0 Å². The van der Waals surface area contributed by atoms with E-state index in [4.69, 9.17) is 15.2 Å². The summed E-state index contributed by atoms with van der Waals surface area (Å²) in [6, 6.07) is 10.3. The van der Waals surface area contributed by atoms with Crippen LogP contribution in [-0.2, 0) is 11.3 Å². The topological polar surface area (TPSA) is 100 Å². The number of nitrogens with one attached hydrogen (secondary N) is 1. The highest BCUT2D eigenvalue weighted by Gasteiger charge is 2.17. The largest absolute Gasteiger partial charge is 0.461 e. The zero-order valence-corrected chi connectivity index (χ0v) is 14.4. The Morgan fingerprint density at radius 3 is 2.64 bits per heavy atom. The fourth-order valence-electron chi connectivity index (χ4n) is 2.49. The summed E-state index contributed by atoms with van der Waals surface area (Å²) in [7, 11) is 1.61. The van der Waals surface area contributed by atoms with Gasteiger partial charge in [0.15, 0.2) is 17.0 Å². The van der Waals surface area contributed by atoms with E-state index in [2.05, 4.69) is 32.4 Å². The summed E-state index contributed by atoms with van der Waals surface area (Å²) >= 11 is 0. The predicted molar refractivity (Wildman–Crippen MR) is 96.8 cm³/mol. The first kappa shape index (κ1) is 17.0. The number of nitrogen functional groups attached to an aromatic ring is 1. The second-order valence-electron chi connectivity index (χ2n) is 5.44. The van der Waals surface area contributed by atoms with Crippen LogP contribution in [0.15, 0.2) is 30.3 Å². The number of hydrogen-bond donors (Lipinski definition) is 2. The van der Waals surface area contributed by atoms with Crippen molar-refractivity contribution in [3.63, 3.8) is 0 Å². The molecule has 8 nitrogen and oxygen atoms in total. The van der Waals surface area contributed by atoms with Crippen molar-refractivity contribution in [3.05, 3.63) is 35.9 Å². The number of ether oxygens (including phenoxy) is 2. The highest BCUT2D eigenvalue weighted by molar-refractivity contribution is 5.84. The molecular weight excluding hydrogens is 320 g/mol. The number of nitrogens with zero attached hydrogens (tertiary/aromatic N) is 4. The van der Waals surface area contributed by atoms with Crippen LogP contribution in [0.4, 0.5) is 11.8 Å². The van der Waals surface area contributed by atoms with Gasteiger partial charge < -0.3 is 20.5 Å². The van der Waals surface area contributed by atoms with E-state index in [1.54, 1.807) is 7.11 Å². The Balaban J connectivity index is 2.02. The van der Waals surface area contributed by atoms with E-state index in [-0.39, 0.29) is 6.01 Å². The number of fused-ring (bicyclic) bond motifs is 1. The van der Waals surface area contributed by atoms with Gasteiger partial charge in [-0.2, -0.15) is 9.97 Å². The van der Waals surface area contributed by atoms with E-state index in [0.717, 1.165) is 12.1 Å². The van der Waals surface area contributed by atoms with Crippen LogP contribution in [0.3, 0.4) is 0 Å². The molecule has 0 aliphatic carbocycles. The van der Waals surface area contributed by atoms with Gasteiger partial charge in [0.2, 0.25) is 5.95 Å². The Kier molecular flexibility index (Phi) is 5.30. The van der Waals surface area contributed by atoms with E-state index in [9.17, 15) is 0 Å². The number of rotatable bonds is 8. The molecule has 3 aromatic rings. The molecule has 0 aliphatic rings. The van der Waals surface area contributed by atoms with Gasteiger partial charge in [-0.15, -0.1) is 0 Å². The van der Waals surface area contributed by atoms with Crippen LogP contribution < -0.4 is 15.8 Å². The number of imidazole rings is 1. The normalized spacial score (nSPS) is 11.0. The lowest BCUT2D eigenvalue weighted by Gasteiger charge is -2.10. The van der Waals surface area contributed by atoms with Crippen LogP contribution in [0, 0.1) is 0 Å². The van der Waals surface area contributed by atoms with Crippen LogP contribution in [0.1, 0.15) is 12.5 Å². The molecule has 0 spiro atoms. The summed E-state index contributed by atoms with van der Waals surface area (Å²) in [5.41, 5.74) is 8.41. The number of anilines is 2. The highest BCUT2D eigenvalue weighted by atomic mass is 16.5. The molecule has 0 amide bonds. The van der Waals surface area contributed by atoms with Crippen molar-refractivity contribution in [3.8, 4) is 6.01 Å². The number of benzene rings is 1. The smallest absolute Gasteiger partial charge is 0.320 e. The van der Waals surface area contributed by atoms with Crippen molar-refractivity contribution in [1.82, 2.24) is 19.5 Å². The lowest BCUT2D eigenvalue weighted by Crippen LogP contribution is -2.10. The van der Waals surface area contributed by atoms with E-state index >= 15 is 0 Å². The Bertz CT molecular complexity index is 834. The zero-order chi connectivity index (χ0) is 17.6. The van der Waals surface area contributed by atoms with Crippen LogP contribution in [-0.4, -0.2) is 46.4 Å². The fraction of sp³-hybridized carbons (Fsp3) is 0.353. The monoisotopic (exact) mass is 342 g/mol. The maximum atomic E-state index is 6.07. The Labute approximate surface area is 146 Å². The minimum atomic E-state index is 0.222. The first-order chi connectivity index (χ1) is 12.2. The van der Waals surface area contributed by atoms with Gasteiger partial charge in [-0.1, -0.05) is 30.3 Å². The summed E-state index contributed by atoms with van der Waals surface area (Å²) in [4.78, 5) is 13.2. The molecule has 0 radical (unpaired) electrons. The lowest BCUT2D eigenvalue weighted by molar-refractivity contribution is 0.141. The second kappa shape index (κ2) is 7.80. The molecule has 3 rings (SSSR count). The SMILES string of the molecule is CCNc1nc2c(N)nc(OCCOC)nc2n1Cc1ccccc1. The number of aromatic nitrogens is 4. The summed E-state index contributed by atoms with van der Waals surface area (Å²) in [5.74, 6) is 1.000. The molecule has 0 atom stereocenters. The number of nitrogens with two attached hydrogens (primary N) is 1. The molecular formula is C17H22N6O2. The summed E-state index contributed by atoms with van der Waals surface area (Å²) in [6.07, 6.45) is 0. The second-order valence-corrected chi connectivity index (χ2v) is 5.44. The average Bonchev–Trinajstić information content (AvgIpc) is 2.95. The van der Waals surface area contributed by atoms with E-state index in [1.807, 2.05) is 29.7 Å². The van der Waals surface area contributed by atoms with Gasteiger partial charge in [0.1, 0.15) is 6.61 Å². The van der Waals surface area contributed by atoms with Gasteiger partial charge in [-0.3, -0.25) is 4.57 Å². The maximum Gasteiger partial charge on any atom is 0.320 e. The Morgan fingerprint density at radius 2 is 1.92 bits per heavy atom. The molecule has 3 N–H and O–H groups in total. The van der Waals surface area contributed by atoms with Crippen molar-refractivity contribution in [2.45, 2.75) is 13.5 Å². The molecule has 25 heavy (non-hydrogen) atoms. The van der Waals surface area contributed by atoms with Crippen molar-refractivity contribution >= 4 is 22.9 Å². The van der Waals surface area contributed by atoms with Crippen LogP contribution in [0.25, 0.3) is 11.2 Å². The van der Waals surface area contributed by atoms with Crippen molar-refractivity contribution < 1.29 is 9.47 Å². The third-order valence-corrected chi connectivity index (χ3v) is 3.64. The van der Waals surface area contributed by atoms with Gasteiger partial charge in [0.05, 0.1) is 13.2 Å². The minimum absolute atomic E-state index is 0.222. The fourth-order valence-corrected chi connectivity index (χ4v) is 2.49. The van der Waals surface area contributed by atoms with Gasteiger partial charge in [-0.25, -0.2) is 4.98 Å². The Hall–Kier alpha value is -2.87. The summed E-state index contributed by atoms with van der Waals surface area (Å²) in [5, 5.41) is 3.25. The van der Waals surface area contributed by atoms with Crippen LogP contribution in [0.2, 0.25) is 0 Å². The van der Waals surface area contributed by atoms with E-state index < -0.39 is 0 Å². The molecule has 2 heterocycles. The number of methoxy groups -OCH3 is 1. The predicted octanol–water partition coefficient (Wildman–Crippen LogP) is 1.91. The first-order valence-corrected chi connectivity index (χ1v) is 8.16. The summed E-state index contributed by atoms with van der Waals surface area (Å²) < 4.78 is 12.5. The Morgan fingerprint density at radius 1 is 1.12 bits per heavy atom. The minimum Gasteiger partial charge on any atom is -0.461 e. The molecule has 8 heteroatoms. The molecule has 0 fully saturated rings. The molecule has 0 aliphatic heterocycles. The van der Waals surface area contributed by atoms with Gasteiger partial charge >= 0.3 is 6.01 Å². The molecule has 0 bridgehead atoms. The molecule has 132 valence electrons. The third-order valence-electron chi connectivity index (χ3n) is 3.64. The highest BCUT2D eigenvalue weighted by Crippen LogP contribution is 2.25. The first-order valence-electron chi connectivity index (χ1n) is 8.16. The third kappa shape index (κ3) is 3.80. The van der Waals surface area contributed by atoms with Crippen LogP contribution in [0.5, 0.6) is 6.01 Å². The standard InChI is InChI=1S/C17H22N6O2/c1-3-19-16-20-13-14(18)21-17(25-10-9-24-2)22-15(13)23(16)11-12-7-5-4-6-8-12/h4-8H,3,9-11H2,1-2H3,(H,19,20)(H2,18,21,22). The summed E-state index contributed by atoms with van der Waals surface area (Å²) in [6.45, 7) is 4.18. The molecule has 0 unspecified atom stereocenters. The average molecular weight is 342 g/mol. The van der Waals surface area contributed by atoms with Gasteiger partial charge in [0, 0.05) is 13.7 Å². The quantitative estimate of drug-likeness (QED) is 0.603. The molecule has 0 saturated carbocycles. The van der Waals surface area contributed by atoms with Crippen molar-refractivity contribution in [2.75, 3.05) is 37.9 Å². The zero-order valence-electron chi connectivity index (χ0n) is 14.4.